The summed E-state index contributed by atoms with van der Waals surface area (Å²) in [6.07, 6.45) is 0. The highest BCUT2D eigenvalue weighted by molar-refractivity contribution is 9.10. The monoisotopic (exact) mass is 351 g/mol. The predicted molar refractivity (Wildman–Crippen MR) is 87.5 cm³/mol. The summed E-state index contributed by atoms with van der Waals surface area (Å²) in [7, 11) is 3.46. The van der Waals surface area contributed by atoms with Crippen LogP contribution in [0.4, 0.5) is 4.39 Å². The highest BCUT2D eigenvalue weighted by Crippen LogP contribution is 2.35. The molecule has 0 aliphatic rings. The first-order valence-corrected chi connectivity index (χ1v) is 7.54. The van der Waals surface area contributed by atoms with Gasteiger partial charge in [-0.05, 0) is 56.3 Å². The van der Waals surface area contributed by atoms with Gasteiger partial charge in [0.05, 0.1) is 13.2 Å². The smallest absolute Gasteiger partial charge is 0.128 e. The minimum Gasteiger partial charge on any atom is -0.496 e. The number of hydrogen-bond donors (Lipinski definition) is 1. The molecule has 1 unspecified atom stereocenters. The molecule has 0 amide bonds. The zero-order valence-corrected chi connectivity index (χ0v) is 14.2. The van der Waals surface area contributed by atoms with Crippen LogP contribution in [0, 0.1) is 19.7 Å². The highest BCUT2D eigenvalue weighted by atomic mass is 79.9. The minimum atomic E-state index is -0.266. The number of methoxy groups -OCH3 is 1. The number of nitrogens with one attached hydrogen (secondary N) is 1. The van der Waals surface area contributed by atoms with Crippen molar-refractivity contribution < 1.29 is 9.13 Å². The molecule has 0 saturated carbocycles. The fraction of sp³-hybridized carbons (Fsp3) is 0.294. The second-order valence-corrected chi connectivity index (χ2v) is 6.00. The average Bonchev–Trinajstić information content (AvgIpc) is 2.44. The number of aryl methyl sites for hydroxylation is 2. The van der Waals surface area contributed by atoms with E-state index in [2.05, 4.69) is 27.3 Å². The fourth-order valence-electron chi connectivity index (χ4n) is 2.67. The molecule has 0 spiro atoms. The van der Waals surface area contributed by atoms with Crippen molar-refractivity contribution in [2.24, 2.45) is 0 Å². The molecule has 0 fully saturated rings. The van der Waals surface area contributed by atoms with Crippen molar-refractivity contribution in [2.75, 3.05) is 14.2 Å². The Morgan fingerprint density at radius 3 is 2.52 bits per heavy atom. The molecule has 0 aromatic heterocycles. The quantitative estimate of drug-likeness (QED) is 0.873. The van der Waals surface area contributed by atoms with E-state index in [1.165, 1.54) is 6.07 Å². The van der Waals surface area contributed by atoms with Gasteiger partial charge in [-0.1, -0.05) is 22.0 Å². The SMILES string of the molecule is CNC(c1cc(Br)ccc1F)c1c(C)cc(C)cc1OC. The molecule has 112 valence electrons. The molecule has 0 heterocycles. The van der Waals surface area contributed by atoms with E-state index in [-0.39, 0.29) is 11.9 Å². The average molecular weight is 352 g/mol. The van der Waals surface area contributed by atoms with Crippen LogP contribution < -0.4 is 10.1 Å². The molecule has 2 aromatic carbocycles. The summed E-state index contributed by atoms with van der Waals surface area (Å²) in [6.45, 7) is 4.04. The van der Waals surface area contributed by atoms with Gasteiger partial charge in [0.1, 0.15) is 11.6 Å². The number of benzene rings is 2. The molecule has 2 aromatic rings. The van der Waals surface area contributed by atoms with Gasteiger partial charge in [-0.2, -0.15) is 0 Å². The Morgan fingerprint density at radius 1 is 1.19 bits per heavy atom. The lowest BCUT2D eigenvalue weighted by atomic mass is 9.92. The van der Waals surface area contributed by atoms with Gasteiger partial charge in [0.25, 0.3) is 0 Å². The maximum absolute atomic E-state index is 14.2. The highest BCUT2D eigenvalue weighted by Gasteiger charge is 2.22. The third kappa shape index (κ3) is 3.27. The summed E-state index contributed by atoms with van der Waals surface area (Å²) in [5.41, 5.74) is 3.75. The van der Waals surface area contributed by atoms with E-state index in [1.54, 1.807) is 19.2 Å². The molecule has 0 saturated heterocycles. The van der Waals surface area contributed by atoms with Gasteiger partial charge >= 0.3 is 0 Å². The van der Waals surface area contributed by atoms with Gasteiger partial charge in [0, 0.05) is 15.6 Å². The zero-order valence-electron chi connectivity index (χ0n) is 12.6. The lowest BCUT2D eigenvalue weighted by Crippen LogP contribution is -2.21. The minimum absolute atomic E-state index is 0.237. The molecule has 1 N–H and O–H groups in total. The number of hydrogen-bond acceptors (Lipinski definition) is 2. The van der Waals surface area contributed by atoms with Gasteiger partial charge in [-0.25, -0.2) is 4.39 Å². The molecule has 4 heteroatoms. The lowest BCUT2D eigenvalue weighted by Gasteiger charge is -2.23. The molecule has 0 bridgehead atoms. The number of halogens is 2. The van der Waals surface area contributed by atoms with Crippen molar-refractivity contribution in [1.29, 1.82) is 0 Å². The first-order valence-electron chi connectivity index (χ1n) is 6.75. The van der Waals surface area contributed by atoms with Crippen molar-refractivity contribution in [2.45, 2.75) is 19.9 Å². The van der Waals surface area contributed by atoms with Crippen LogP contribution in [0.5, 0.6) is 5.75 Å². The van der Waals surface area contributed by atoms with Crippen molar-refractivity contribution in [1.82, 2.24) is 5.32 Å². The van der Waals surface area contributed by atoms with E-state index in [1.807, 2.05) is 27.0 Å². The van der Waals surface area contributed by atoms with E-state index in [9.17, 15) is 4.39 Å². The van der Waals surface area contributed by atoms with Crippen LogP contribution in [0.2, 0.25) is 0 Å². The second-order valence-electron chi connectivity index (χ2n) is 5.09. The molecule has 1 atom stereocenters. The summed E-state index contributed by atoms with van der Waals surface area (Å²) in [6, 6.07) is 8.76. The van der Waals surface area contributed by atoms with Crippen LogP contribution in [-0.4, -0.2) is 14.2 Å². The molecular formula is C17H19BrFNO. The fourth-order valence-corrected chi connectivity index (χ4v) is 3.05. The van der Waals surface area contributed by atoms with Gasteiger partial charge < -0.3 is 10.1 Å². The molecule has 21 heavy (non-hydrogen) atoms. The van der Waals surface area contributed by atoms with E-state index in [4.69, 9.17) is 4.74 Å². The van der Waals surface area contributed by atoms with Crippen molar-refractivity contribution >= 4 is 15.9 Å². The van der Waals surface area contributed by atoms with Crippen LogP contribution in [0.3, 0.4) is 0 Å². The molecular weight excluding hydrogens is 333 g/mol. The second kappa shape index (κ2) is 6.58. The summed E-state index contributed by atoms with van der Waals surface area (Å²) in [5, 5.41) is 3.20. The first-order chi connectivity index (χ1) is 9.97. The van der Waals surface area contributed by atoms with Gasteiger partial charge in [-0.15, -0.1) is 0 Å². The maximum atomic E-state index is 14.2. The van der Waals surface area contributed by atoms with Crippen molar-refractivity contribution in [3.63, 3.8) is 0 Å². The van der Waals surface area contributed by atoms with E-state index < -0.39 is 0 Å². The predicted octanol–water partition coefficient (Wildman–Crippen LogP) is 4.52. The standard InChI is InChI=1S/C17H19BrFNO/c1-10-7-11(2)16(15(8-10)21-4)17(20-3)13-9-12(18)5-6-14(13)19/h5-9,17,20H,1-4H3. The van der Waals surface area contributed by atoms with Crippen molar-refractivity contribution in [3.05, 3.63) is 62.9 Å². The first kappa shape index (κ1) is 16.0. The largest absolute Gasteiger partial charge is 0.496 e. The number of rotatable bonds is 4. The van der Waals surface area contributed by atoms with Crippen LogP contribution in [0.15, 0.2) is 34.8 Å². The van der Waals surface area contributed by atoms with E-state index in [0.717, 1.165) is 26.9 Å². The van der Waals surface area contributed by atoms with E-state index >= 15 is 0 Å². The summed E-state index contributed by atoms with van der Waals surface area (Å²) in [4.78, 5) is 0. The maximum Gasteiger partial charge on any atom is 0.128 e. The Kier molecular flexibility index (Phi) is 5.01. The summed E-state index contributed by atoms with van der Waals surface area (Å²) >= 11 is 3.41. The molecule has 0 aliphatic heterocycles. The van der Waals surface area contributed by atoms with Crippen LogP contribution in [0.1, 0.15) is 28.3 Å². The zero-order chi connectivity index (χ0) is 15.6. The van der Waals surface area contributed by atoms with Crippen LogP contribution in [0.25, 0.3) is 0 Å². The van der Waals surface area contributed by atoms with Crippen molar-refractivity contribution in [3.8, 4) is 5.75 Å². The van der Waals surface area contributed by atoms with Crippen LogP contribution in [-0.2, 0) is 0 Å². The van der Waals surface area contributed by atoms with Gasteiger partial charge in [-0.3, -0.25) is 0 Å². The topological polar surface area (TPSA) is 21.3 Å². The Bertz CT molecular complexity index is 657. The Morgan fingerprint density at radius 2 is 1.90 bits per heavy atom. The Balaban J connectivity index is 2.64. The summed E-state index contributed by atoms with van der Waals surface area (Å²) in [5.74, 6) is 0.533. The van der Waals surface area contributed by atoms with Gasteiger partial charge in [0.2, 0.25) is 0 Å². The normalized spacial score (nSPS) is 12.3. The van der Waals surface area contributed by atoms with Crippen LogP contribution >= 0.6 is 15.9 Å². The molecule has 0 aliphatic carbocycles. The Labute approximate surface area is 133 Å². The van der Waals surface area contributed by atoms with Gasteiger partial charge in [0.15, 0.2) is 0 Å². The number of ether oxygens (including phenoxy) is 1. The third-order valence-corrected chi connectivity index (χ3v) is 4.05. The lowest BCUT2D eigenvalue weighted by molar-refractivity contribution is 0.403. The molecule has 2 rings (SSSR count). The molecule has 2 nitrogen and oxygen atoms in total. The summed E-state index contributed by atoms with van der Waals surface area (Å²) < 4.78 is 20.6. The Hall–Kier alpha value is -1.39. The third-order valence-electron chi connectivity index (χ3n) is 3.56. The van der Waals surface area contributed by atoms with E-state index in [0.29, 0.717) is 5.56 Å². The molecule has 0 radical (unpaired) electrons.